The first kappa shape index (κ1) is 10.7. The summed E-state index contributed by atoms with van der Waals surface area (Å²) in [7, 11) is 0. The van der Waals surface area contributed by atoms with Gasteiger partial charge in [0.25, 0.3) is 0 Å². The molecule has 0 aromatic heterocycles. The number of hydrogen-bond acceptors (Lipinski definition) is 2. The molecule has 1 rings (SSSR count). The van der Waals surface area contributed by atoms with E-state index in [0.29, 0.717) is 12.0 Å². The van der Waals surface area contributed by atoms with Gasteiger partial charge in [-0.05, 0) is 12.0 Å². The van der Waals surface area contributed by atoms with Crippen LogP contribution in [0.15, 0.2) is 30.3 Å². The molecule has 0 spiro atoms. The number of hydrogen-bond donors (Lipinski definition) is 2. The minimum atomic E-state index is -0.981. The molecule has 14 heavy (non-hydrogen) atoms. The number of carboxylic acid groups (broad SMARTS) is 1. The number of benzene rings is 1. The van der Waals surface area contributed by atoms with E-state index < -0.39 is 18.0 Å². The zero-order valence-electron chi connectivity index (χ0n) is 8.05. The molecule has 2 atom stereocenters. The minimum Gasteiger partial charge on any atom is -0.481 e. The van der Waals surface area contributed by atoms with Crippen LogP contribution in [-0.2, 0) is 4.79 Å². The molecule has 1 aromatic carbocycles. The Morgan fingerprint density at radius 3 is 2.36 bits per heavy atom. The van der Waals surface area contributed by atoms with Crippen LogP contribution in [0.3, 0.4) is 0 Å². The van der Waals surface area contributed by atoms with Gasteiger partial charge >= 0.3 is 5.97 Å². The highest BCUT2D eigenvalue weighted by Gasteiger charge is 2.26. The van der Waals surface area contributed by atoms with Gasteiger partial charge in [-0.2, -0.15) is 0 Å². The van der Waals surface area contributed by atoms with Crippen LogP contribution in [0.4, 0.5) is 0 Å². The maximum atomic E-state index is 10.9. The molecule has 0 aliphatic heterocycles. The molecule has 0 aliphatic rings. The Morgan fingerprint density at radius 2 is 1.93 bits per heavy atom. The van der Waals surface area contributed by atoms with Crippen LogP contribution in [0.5, 0.6) is 0 Å². The second-order valence-electron chi connectivity index (χ2n) is 3.20. The van der Waals surface area contributed by atoms with Gasteiger partial charge in [0.2, 0.25) is 0 Å². The molecule has 3 nitrogen and oxygen atoms in total. The van der Waals surface area contributed by atoms with Gasteiger partial charge in [0.15, 0.2) is 0 Å². The molecule has 0 unspecified atom stereocenters. The van der Waals surface area contributed by atoms with Gasteiger partial charge in [-0.15, -0.1) is 0 Å². The molecule has 0 fully saturated rings. The van der Waals surface area contributed by atoms with E-state index in [4.69, 9.17) is 5.11 Å². The van der Waals surface area contributed by atoms with Gasteiger partial charge in [-0.1, -0.05) is 37.3 Å². The summed E-state index contributed by atoms with van der Waals surface area (Å²) in [6.45, 7) is 1.77. The van der Waals surface area contributed by atoms with Crippen molar-refractivity contribution in [2.24, 2.45) is 0 Å². The monoisotopic (exact) mass is 194 g/mol. The fourth-order valence-electron chi connectivity index (χ4n) is 1.43. The molecule has 76 valence electrons. The van der Waals surface area contributed by atoms with Crippen LogP contribution in [0.25, 0.3) is 0 Å². The summed E-state index contributed by atoms with van der Waals surface area (Å²) in [6, 6.07) is 8.80. The SMILES string of the molecule is CC[C@@H](O)[C@@H](C(=O)O)c1ccccc1. The lowest BCUT2D eigenvalue weighted by atomic mass is 9.92. The minimum absolute atomic E-state index is 0.436. The summed E-state index contributed by atoms with van der Waals surface area (Å²) in [4.78, 5) is 10.9. The molecule has 0 saturated heterocycles. The van der Waals surface area contributed by atoms with Crippen LogP contribution >= 0.6 is 0 Å². The molecule has 0 amide bonds. The highest BCUT2D eigenvalue weighted by molar-refractivity contribution is 5.76. The second kappa shape index (κ2) is 4.77. The molecule has 0 heterocycles. The van der Waals surface area contributed by atoms with Crippen molar-refractivity contribution in [2.45, 2.75) is 25.4 Å². The lowest BCUT2D eigenvalue weighted by Crippen LogP contribution is -2.25. The molecule has 0 aliphatic carbocycles. The molecule has 0 saturated carbocycles. The van der Waals surface area contributed by atoms with E-state index in [9.17, 15) is 9.90 Å². The summed E-state index contributed by atoms with van der Waals surface area (Å²) in [5, 5.41) is 18.5. The normalized spacial score (nSPS) is 14.7. The molecule has 0 bridgehead atoms. The van der Waals surface area contributed by atoms with Gasteiger partial charge in [0.1, 0.15) is 5.92 Å². The zero-order valence-corrected chi connectivity index (χ0v) is 8.05. The average Bonchev–Trinajstić information content (AvgIpc) is 2.19. The Hall–Kier alpha value is -1.35. The smallest absolute Gasteiger partial charge is 0.313 e. The number of aliphatic hydroxyl groups is 1. The van der Waals surface area contributed by atoms with E-state index in [1.807, 2.05) is 6.07 Å². The Kier molecular flexibility index (Phi) is 3.65. The Labute approximate surface area is 83.0 Å². The zero-order chi connectivity index (χ0) is 10.6. The standard InChI is InChI=1S/C11H14O3/c1-2-9(12)10(11(13)14)8-6-4-3-5-7-8/h3-7,9-10,12H,2H2,1H3,(H,13,14)/t9-,10+/m1/s1. The third-order valence-corrected chi connectivity index (χ3v) is 2.23. The van der Waals surface area contributed by atoms with Crippen molar-refractivity contribution < 1.29 is 15.0 Å². The average molecular weight is 194 g/mol. The van der Waals surface area contributed by atoms with E-state index in [1.54, 1.807) is 31.2 Å². The van der Waals surface area contributed by atoms with Crippen LogP contribution in [0.2, 0.25) is 0 Å². The number of carbonyl (C=O) groups is 1. The van der Waals surface area contributed by atoms with Crippen LogP contribution in [0, 0.1) is 0 Å². The summed E-state index contributed by atoms with van der Waals surface area (Å²) < 4.78 is 0. The molecular formula is C11H14O3. The van der Waals surface area contributed by atoms with E-state index in [2.05, 4.69) is 0 Å². The Balaban J connectivity index is 2.95. The Bertz CT molecular complexity index is 295. The molecular weight excluding hydrogens is 180 g/mol. The van der Waals surface area contributed by atoms with Crippen molar-refractivity contribution in [2.75, 3.05) is 0 Å². The highest BCUT2D eigenvalue weighted by atomic mass is 16.4. The quantitative estimate of drug-likeness (QED) is 0.765. The predicted octanol–water partition coefficient (Wildman–Crippen LogP) is 1.63. The highest BCUT2D eigenvalue weighted by Crippen LogP contribution is 2.21. The van der Waals surface area contributed by atoms with E-state index in [0.717, 1.165) is 0 Å². The van der Waals surface area contributed by atoms with Crippen molar-refractivity contribution >= 4 is 5.97 Å². The first-order valence-corrected chi connectivity index (χ1v) is 4.62. The lowest BCUT2D eigenvalue weighted by Gasteiger charge is -2.17. The van der Waals surface area contributed by atoms with Gasteiger partial charge < -0.3 is 10.2 Å². The lowest BCUT2D eigenvalue weighted by molar-refractivity contribution is -0.141. The molecule has 3 heteroatoms. The van der Waals surface area contributed by atoms with E-state index >= 15 is 0 Å². The molecule has 0 radical (unpaired) electrons. The van der Waals surface area contributed by atoms with Crippen LogP contribution < -0.4 is 0 Å². The largest absolute Gasteiger partial charge is 0.481 e. The second-order valence-corrected chi connectivity index (χ2v) is 3.20. The summed E-state index contributed by atoms with van der Waals surface area (Å²) >= 11 is 0. The number of rotatable bonds is 4. The number of aliphatic carboxylic acids is 1. The van der Waals surface area contributed by atoms with Crippen molar-refractivity contribution in [1.82, 2.24) is 0 Å². The number of aliphatic hydroxyl groups excluding tert-OH is 1. The maximum absolute atomic E-state index is 10.9. The van der Waals surface area contributed by atoms with Crippen molar-refractivity contribution in [3.8, 4) is 0 Å². The van der Waals surface area contributed by atoms with Crippen LogP contribution in [0.1, 0.15) is 24.8 Å². The topological polar surface area (TPSA) is 57.5 Å². The Morgan fingerprint density at radius 1 is 1.36 bits per heavy atom. The molecule has 1 aromatic rings. The maximum Gasteiger partial charge on any atom is 0.313 e. The summed E-state index contributed by atoms with van der Waals surface area (Å²) in [6.07, 6.45) is -0.388. The van der Waals surface area contributed by atoms with Gasteiger partial charge in [0, 0.05) is 0 Å². The third kappa shape index (κ3) is 2.33. The fourth-order valence-corrected chi connectivity index (χ4v) is 1.43. The third-order valence-electron chi connectivity index (χ3n) is 2.23. The first-order chi connectivity index (χ1) is 6.66. The van der Waals surface area contributed by atoms with E-state index in [-0.39, 0.29) is 0 Å². The van der Waals surface area contributed by atoms with Gasteiger partial charge in [0.05, 0.1) is 6.10 Å². The fraction of sp³-hybridized carbons (Fsp3) is 0.364. The van der Waals surface area contributed by atoms with Gasteiger partial charge in [-0.3, -0.25) is 4.79 Å². The van der Waals surface area contributed by atoms with Crippen molar-refractivity contribution in [1.29, 1.82) is 0 Å². The predicted molar refractivity (Wildman–Crippen MR) is 53.1 cm³/mol. The van der Waals surface area contributed by atoms with Crippen molar-refractivity contribution in [3.63, 3.8) is 0 Å². The summed E-state index contributed by atoms with van der Waals surface area (Å²) in [5.74, 6) is -1.80. The number of carboxylic acids is 1. The van der Waals surface area contributed by atoms with Crippen LogP contribution in [-0.4, -0.2) is 22.3 Å². The first-order valence-electron chi connectivity index (χ1n) is 4.62. The van der Waals surface area contributed by atoms with E-state index in [1.165, 1.54) is 0 Å². The summed E-state index contributed by atoms with van der Waals surface area (Å²) in [5.41, 5.74) is 0.648. The molecule has 2 N–H and O–H groups in total. The van der Waals surface area contributed by atoms with Gasteiger partial charge in [-0.25, -0.2) is 0 Å². The van der Waals surface area contributed by atoms with Crippen molar-refractivity contribution in [3.05, 3.63) is 35.9 Å².